The summed E-state index contributed by atoms with van der Waals surface area (Å²) in [5.74, 6) is 0.546. The molecule has 44 valence electrons. The molecule has 0 saturated carbocycles. The van der Waals surface area contributed by atoms with E-state index in [-0.39, 0.29) is 9.18 Å². The zero-order chi connectivity index (χ0) is 6.69. The highest BCUT2D eigenvalue weighted by Gasteiger charge is 1.91. The predicted molar refractivity (Wildman–Crippen MR) is 34.5 cm³/mol. The number of hydrogen-bond acceptors (Lipinski definition) is 2. The van der Waals surface area contributed by atoms with Gasteiger partial charge >= 0.3 is 0 Å². The first-order valence-corrected chi connectivity index (χ1v) is 2.64. The highest BCUT2D eigenvalue weighted by molar-refractivity contribution is 7.26. The van der Waals surface area contributed by atoms with E-state index in [0.717, 1.165) is 0 Å². The monoisotopic (exact) mass is 132 g/mol. The number of ether oxygens (including phenoxy) is 1. The first kappa shape index (κ1) is 4.33. The van der Waals surface area contributed by atoms with Crippen LogP contribution in [0.5, 0.6) is 5.88 Å². The van der Waals surface area contributed by atoms with Gasteiger partial charge in [0.2, 0.25) is 5.88 Å². The topological polar surface area (TPSA) is 37.9 Å². The number of nitrogens with one attached hydrogen (secondary N) is 1. The van der Waals surface area contributed by atoms with E-state index in [1.54, 1.807) is 13.3 Å². The van der Waals surface area contributed by atoms with Gasteiger partial charge in [-0.25, -0.2) is 0 Å². The van der Waals surface area contributed by atoms with Crippen LogP contribution in [0.1, 0.15) is 0 Å². The Hall–Kier alpha value is -0.560. The lowest BCUT2D eigenvalue weighted by molar-refractivity contribution is 0.400. The number of aromatic amines is 1. The molecule has 0 aromatic carbocycles. The molecule has 0 aliphatic heterocycles. The molecule has 1 unspecified atom stereocenters. The van der Waals surface area contributed by atoms with Crippen LogP contribution in [0, 0.1) is 0 Å². The number of nitrogens with zero attached hydrogens (tertiary/aromatic N) is 1. The summed E-state index contributed by atoms with van der Waals surface area (Å²) in [6.45, 7) is 0. The number of imidazole rings is 1. The lowest BCUT2D eigenvalue weighted by Gasteiger charge is -1.85. The Morgan fingerprint density at radius 1 is 2.12 bits per heavy atom. The molecule has 1 aromatic heterocycles. The lowest BCUT2D eigenvalue weighted by Crippen LogP contribution is -1.92. The number of H-pyrrole nitrogens is 1. The van der Waals surface area contributed by atoms with Crippen LogP contribution in [0.15, 0.2) is 6.20 Å². The van der Waals surface area contributed by atoms with Crippen LogP contribution in [0.3, 0.4) is 0 Å². The molecule has 0 saturated heterocycles. The summed E-state index contributed by atoms with van der Waals surface area (Å²) in [4.78, 5) is 6.69. The van der Waals surface area contributed by atoms with E-state index in [0.29, 0.717) is 11.4 Å². The Morgan fingerprint density at radius 2 is 3.00 bits per heavy atom. The van der Waals surface area contributed by atoms with Crippen LogP contribution in [-0.2, 0) is 0 Å². The maximum absolute atomic E-state index is 6.91. The molecule has 1 atom stereocenters. The third-order valence-corrected chi connectivity index (χ3v) is 1.02. The summed E-state index contributed by atoms with van der Waals surface area (Å²) < 4.78 is 11.7. The van der Waals surface area contributed by atoms with Crippen LogP contribution in [0.4, 0.5) is 0 Å². The normalized spacial score (nSPS) is 12.4. The molecular formula is C4H7N2OP. The molecule has 0 bridgehead atoms. The van der Waals surface area contributed by atoms with E-state index in [1.807, 2.05) is 0 Å². The number of hydrogen-bond donors (Lipinski definition) is 1. The highest BCUT2D eigenvalue weighted by atomic mass is 31.0. The van der Waals surface area contributed by atoms with Gasteiger partial charge in [0.15, 0.2) is 0 Å². The van der Waals surface area contributed by atoms with Gasteiger partial charge < -0.3 is 9.72 Å². The molecule has 4 heteroatoms. The second kappa shape index (κ2) is 2.14. The van der Waals surface area contributed by atoms with Crippen molar-refractivity contribution in [3.8, 4) is 5.88 Å². The van der Waals surface area contributed by atoms with Crippen molar-refractivity contribution in [2.45, 2.75) is 0 Å². The molecule has 0 amide bonds. The Labute approximate surface area is 51.0 Å². The quantitative estimate of drug-likeness (QED) is 0.571. The van der Waals surface area contributed by atoms with Crippen LogP contribution < -0.4 is 10.3 Å². The van der Waals surface area contributed by atoms with Crippen LogP contribution >= 0.6 is 9.18 Å². The Morgan fingerprint density at radius 3 is 3.38 bits per heavy atom. The minimum atomic E-state index is -0.0428. The average molecular weight is 132 g/mol. The smallest absolute Gasteiger partial charge is 0.231 e. The Bertz CT molecular complexity index is 172. The molecule has 1 aromatic rings. The summed E-state index contributed by atoms with van der Waals surface area (Å²) in [5.41, 5.74) is 0.659. The van der Waals surface area contributed by atoms with Crippen molar-refractivity contribution in [2.24, 2.45) is 0 Å². The maximum atomic E-state index is 6.91. The largest absolute Gasteiger partial charge is 0.480 e. The van der Waals surface area contributed by atoms with Crippen molar-refractivity contribution in [3.05, 3.63) is 6.20 Å². The molecule has 1 rings (SSSR count). The molecule has 1 heterocycles. The lowest BCUT2D eigenvalue weighted by atomic mass is 10.9. The number of methoxy groups -OCH3 is 1. The van der Waals surface area contributed by atoms with Gasteiger partial charge in [-0.2, -0.15) is 4.98 Å². The molecular weight excluding hydrogens is 123 g/mol. The fourth-order valence-electron chi connectivity index (χ4n) is 0.409. The van der Waals surface area contributed by atoms with Crippen LogP contribution in [0.2, 0.25) is 0 Å². The molecule has 3 nitrogen and oxygen atoms in total. The van der Waals surface area contributed by atoms with Crippen molar-refractivity contribution in [2.75, 3.05) is 7.11 Å². The van der Waals surface area contributed by atoms with E-state index >= 15 is 0 Å². The van der Waals surface area contributed by atoms with Gasteiger partial charge in [0, 0.05) is 0 Å². The van der Waals surface area contributed by atoms with Gasteiger partial charge in [-0.3, -0.25) is 0 Å². The minimum absolute atomic E-state index is 0.0428. The Kier molecular flexibility index (Phi) is 1.16. The summed E-state index contributed by atoms with van der Waals surface area (Å²) in [5, 5.41) is 0. The zero-order valence-electron chi connectivity index (χ0n) is 5.43. The van der Waals surface area contributed by atoms with E-state index in [4.69, 9.17) is 6.02 Å². The summed E-state index contributed by atoms with van der Waals surface area (Å²) >= 11 is 0. The molecule has 1 N–H and O–H groups in total. The third-order valence-electron chi connectivity index (χ3n) is 0.763. The van der Waals surface area contributed by atoms with Crippen molar-refractivity contribution in [1.29, 1.82) is 1.28 Å². The van der Waals surface area contributed by atoms with Gasteiger partial charge in [-0.05, 0) is 0 Å². The van der Waals surface area contributed by atoms with Crippen molar-refractivity contribution < 1.29 is 4.74 Å². The summed E-state index contributed by atoms with van der Waals surface area (Å²) in [7, 11) is 1.51. The van der Waals surface area contributed by atoms with Crippen molar-refractivity contribution in [1.82, 2.24) is 9.97 Å². The zero-order valence-corrected chi connectivity index (χ0v) is 5.43. The summed E-state index contributed by atoms with van der Waals surface area (Å²) in [6.07, 6.45) is 1.64. The average Bonchev–Trinajstić information content (AvgIpc) is 2.34. The van der Waals surface area contributed by atoms with Crippen molar-refractivity contribution >= 4 is 14.8 Å². The SMILES string of the molecule is [3H]Pc1nc(OC)c[nH]1. The molecule has 0 radical (unpaired) electrons. The van der Waals surface area contributed by atoms with E-state index in [1.165, 1.54) is 0 Å². The number of rotatable bonds is 2. The number of aromatic nitrogens is 2. The third kappa shape index (κ3) is 0.984. The van der Waals surface area contributed by atoms with Gasteiger partial charge in [-0.15, -0.1) is 0 Å². The van der Waals surface area contributed by atoms with Gasteiger partial charge in [0.05, 0.1) is 14.6 Å². The fraction of sp³-hybridized carbons (Fsp3) is 0.250. The fourth-order valence-corrected chi connectivity index (χ4v) is 0.592. The van der Waals surface area contributed by atoms with E-state index < -0.39 is 0 Å². The van der Waals surface area contributed by atoms with Crippen LogP contribution in [0.25, 0.3) is 0 Å². The van der Waals surface area contributed by atoms with E-state index in [9.17, 15) is 0 Å². The van der Waals surface area contributed by atoms with Crippen molar-refractivity contribution in [3.63, 3.8) is 0 Å². The molecule has 0 aliphatic rings. The van der Waals surface area contributed by atoms with Gasteiger partial charge in [-0.1, -0.05) is 9.18 Å². The second-order valence-corrected chi connectivity index (χ2v) is 1.77. The maximum Gasteiger partial charge on any atom is 0.231 e. The predicted octanol–water partition coefficient (Wildman–Crippen LogP) is -0.0813. The highest BCUT2D eigenvalue weighted by Crippen LogP contribution is 1.98. The van der Waals surface area contributed by atoms with Gasteiger partial charge in [0.1, 0.15) is 5.57 Å². The molecule has 8 heavy (non-hydrogen) atoms. The summed E-state index contributed by atoms with van der Waals surface area (Å²) in [6, 6.07) is 0. The standard InChI is InChI=1S/C4H7N2OP/c1-7-3-2-5-4(8)6-3/h2H,8H2,1H3,(H,5,6)/i8T. The van der Waals surface area contributed by atoms with E-state index in [2.05, 4.69) is 9.97 Å². The molecule has 0 aliphatic carbocycles. The first-order chi connectivity index (χ1) is 4.36. The molecule has 0 fully saturated rings. The Balaban J connectivity index is 2.74. The van der Waals surface area contributed by atoms with Crippen LogP contribution in [-0.4, -0.2) is 18.4 Å². The van der Waals surface area contributed by atoms with Gasteiger partial charge in [0.25, 0.3) is 0 Å². The first-order valence-electron chi connectivity index (χ1n) is 2.64. The minimum Gasteiger partial charge on any atom is -0.480 e. The second-order valence-electron chi connectivity index (χ2n) is 1.29. The molecule has 0 spiro atoms.